The van der Waals surface area contributed by atoms with Gasteiger partial charge in [-0.2, -0.15) is 0 Å². The van der Waals surface area contributed by atoms with Crippen molar-refractivity contribution >= 4 is 11.6 Å². The standard InChI is InChI=1S/C9H15ClN2/c1-6(7(2)10)9-5-11-8(3)12(9)4/h5-7H,1-4H3. The second-order valence-electron chi connectivity index (χ2n) is 3.26. The molecule has 2 unspecified atom stereocenters. The van der Waals surface area contributed by atoms with Crippen LogP contribution in [0.25, 0.3) is 0 Å². The zero-order chi connectivity index (χ0) is 9.30. The number of halogens is 1. The lowest BCUT2D eigenvalue weighted by Gasteiger charge is -2.14. The molecule has 0 saturated carbocycles. The molecular weight excluding hydrogens is 172 g/mol. The molecule has 0 fully saturated rings. The summed E-state index contributed by atoms with van der Waals surface area (Å²) in [4.78, 5) is 4.22. The van der Waals surface area contributed by atoms with E-state index in [2.05, 4.69) is 16.5 Å². The SMILES string of the molecule is Cc1ncc(C(C)C(C)Cl)n1C. The van der Waals surface area contributed by atoms with Crippen molar-refractivity contribution < 1.29 is 0 Å². The zero-order valence-electron chi connectivity index (χ0n) is 8.00. The van der Waals surface area contributed by atoms with Crippen LogP contribution in [0.2, 0.25) is 0 Å². The number of rotatable bonds is 2. The van der Waals surface area contributed by atoms with Gasteiger partial charge >= 0.3 is 0 Å². The molecule has 12 heavy (non-hydrogen) atoms. The van der Waals surface area contributed by atoms with Gasteiger partial charge in [0, 0.05) is 30.2 Å². The number of imidazole rings is 1. The van der Waals surface area contributed by atoms with Crippen molar-refractivity contribution in [2.45, 2.75) is 32.1 Å². The first-order valence-corrected chi connectivity index (χ1v) is 4.60. The predicted octanol–water partition coefficient (Wildman–Crippen LogP) is 2.46. The molecular formula is C9H15ClN2. The van der Waals surface area contributed by atoms with Gasteiger partial charge in [0.2, 0.25) is 0 Å². The summed E-state index contributed by atoms with van der Waals surface area (Å²) in [5.74, 6) is 1.40. The molecule has 2 nitrogen and oxygen atoms in total. The molecule has 0 aliphatic rings. The van der Waals surface area contributed by atoms with E-state index in [1.54, 1.807) is 0 Å². The minimum absolute atomic E-state index is 0.153. The molecule has 1 heterocycles. The average Bonchev–Trinajstić information content (AvgIpc) is 2.32. The molecule has 0 bridgehead atoms. The van der Waals surface area contributed by atoms with Crippen LogP contribution in [0.3, 0.4) is 0 Å². The Labute approximate surface area is 78.6 Å². The monoisotopic (exact) mass is 186 g/mol. The fourth-order valence-electron chi connectivity index (χ4n) is 1.18. The molecule has 0 aliphatic heterocycles. The third-order valence-electron chi connectivity index (χ3n) is 2.41. The lowest BCUT2D eigenvalue weighted by atomic mass is 10.1. The van der Waals surface area contributed by atoms with Crippen LogP contribution in [-0.4, -0.2) is 14.9 Å². The second kappa shape index (κ2) is 3.48. The number of aromatic nitrogens is 2. The second-order valence-corrected chi connectivity index (χ2v) is 3.94. The van der Waals surface area contributed by atoms with Crippen molar-refractivity contribution in [1.82, 2.24) is 9.55 Å². The van der Waals surface area contributed by atoms with Gasteiger partial charge in [0.05, 0.1) is 0 Å². The Kier molecular flexibility index (Phi) is 2.78. The van der Waals surface area contributed by atoms with Crippen LogP contribution in [0.15, 0.2) is 6.20 Å². The number of alkyl halides is 1. The summed E-state index contributed by atoms with van der Waals surface area (Å²) in [6.07, 6.45) is 1.90. The van der Waals surface area contributed by atoms with Gasteiger partial charge in [0.1, 0.15) is 5.82 Å². The van der Waals surface area contributed by atoms with Crippen molar-refractivity contribution in [1.29, 1.82) is 0 Å². The van der Waals surface area contributed by atoms with E-state index in [1.165, 1.54) is 5.69 Å². The molecule has 3 heteroatoms. The van der Waals surface area contributed by atoms with Crippen LogP contribution in [0.5, 0.6) is 0 Å². The van der Waals surface area contributed by atoms with Gasteiger partial charge < -0.3 is 4.57 Å². The Hall–Kier alpha value is -0.500. The molecule has 0 amide bonds. The highest BCUT2D eigenvalue weighted by molar-refractivity contribution is 6.20. The Balaban J connectivity index is 2.95. The van der Waals surface area contributed by atoms with Crippen LogP contribution < -0.4 is 0 Å². The van der Waals surface area contributed by atoms with Crippen LogP contribution >= 0.6 is 11.6 Å². The quantitative estimate of drug-likeness (QED) is 0.649. The molecule has 0 radical (unpaired) electrons. The summed E-state index contributed by atoms with van der Waals surface area (Å²) < 4.78 is 2.09. The molecule has 0 spiro atoms. The number of hydrogen-bond acceptors (Lipinski definition) is 1. The minimum Gasteiger partial charge on any atom is -0.335 e. The highest BCUT2D eigenvalue weighted by Gasteiger charge is 2.15. The van der Waals surface area contributed by atoms with E-state index in [1.807, 2.05) is 27.1 Å². The van der Waals surface area contributed by atoms with E-state index in [-0.39, 0.29) is 5.38 Å². The van der Waals surface area contributed by atoms with Crippen LogP contribution in [-0.2, 0) is 7.05 Å². The first kappa shape index (κ1) is 9.59. The van der Waals surface area contributed by atoms with Gasteiger partial charge in [-0.3, -0.25) is 0 Å². The van der Waals surface area contributed by atoms with Crippen molar-refractivity contribution in [2.24, 2.45) is 7.05 Å². The molecule has 0 saturated heterocycles. The Morgan fingerprint density at radius 2 is 2.08 bits per heavy atom. The molecule has 0 N–H and O–H groups in total. The lowest BCUT2D eigenvalue weighted by molar-refractivity contribution is 0.664. The summed E-state index contributed by atoms with van der Waals surface area (Å²) in [5, 5.41) is 0.153. The Morgan fingerprint density at radius 3 is 2.42 bits per heavy atom. The van der Waals surface area contributed by atoms with Crippen molar-refractivity contribution in [3.8, 4) is 0 Å². The third-order valence-corrected chi connectivity index (χ3v) is 2.79. The molecule has 1 rings (SSSR count). The van der Waals surface area contributed by atoms with Crippen molar-refractivity contribution in [2.75, 3.05) is 0 Å². The van der Waals surface area contributed by atoms with Gasteiger partial charge in [-0.05, 0) is 13.8 Å². The molecule has 1 aromatic rings. The summed E-state index contributed by atoms with van der Waals surface area (Å²) in [5.41, 5.74) is 1.20. The fraction of sp³-hybridized carbons (Fsp3) is 0.667. The molecule has 1 aromatic heterocycles. The fourth-order valence-corrected chi connectivity index (χ4v) is 1.31. The highest BCUT2D eigenvalue weighted by Crippen LogP contribution is 2.22. The predicted molar refractivity (Wildman–Crippen MR) is 51.7 cm³/mol. The third kappa shape index (κ3) is 1.63. The molecule has 0 aromatic carbocycles. The van der Waals surface area contributed by atoms with E-state index in [0.717, 1.165) is 5.82 Å². The Bertz CT molecular complexity index is 265. The molecule has 0 aliphatic carbocycles. The number of hydrogen-bond donors (Lipinski definition) is 0. The maximum Gasteiger partial charge on any atom is 0.105 e. The van der Waals surface area contributed by atoms with E-state index in [0.29, 0.717) is 5.92 Å². The van der Waals surface area contributed by atoms with Crippen LogP contribution in [0, 0.1) is 6.92 Å². The first-order valence-electron chi connectivity index (χ1n) is 4.16. The average molecular weight is 187 g/mol. The summed E-state index contributed by atoms with van der Waals surface area (Å²) >= 11 is 6.00. The van der Waals surface area contributed by atoms with Gasteiger partial charge in [-0.25, -0.2) is 4.98 Å². The Morgan fingerprint density at radius 1 is 1.50 bits per heavy atom. The normalized spacial score (nSPS) is 16.1. The highest BCUT2D eigenvalue weighted by atomic mass is 35.5. The van der Waals surface area contributed by atoms with Crippen molar-refractivity contribution in [3.05, 3.63) is 17.7 Å². The summed E-state index contributed by atoms with van der Waals surface area (Å²) in [7, 11) is 2.02. The zero-order valence-corrected chi connectivity index (χ0v) is 8.76. The molecule has 68 valence electrons. The van der Waals surface area contributed by atoms with Gasteiger partial charge in [-0.1, -0.05) is 6.92 Å². The first-order chi connectivity index (χ1) is 5.54. The maximum absolute atomic E-state index is 6.00. The van der Waals surface area contributed by atoms with Gasteiger partial charge in [0.25, 0.3) is 0 Å². The number of nitrogens with zero attached hydrogens (tertiary/aromatic N) is 2. The topological polar surface area (TPSA) is 17.8 Å². The smallest absolute Gasteiger partial charge is 0.105 e. The van der Waals surface area contributed by atoms with E-state index < -0.39 is 0 Å². The van der Waals surface area contributed by atoms with Crippen LogP contribution in [0.1, 0.15) is 31.3 Å². The van der Waals surface area contributed by atoms with Gasteiger partial charge in [-0.15, -0.1) is 11.6 Å². The minimum atomic E-state index is 0.153. The maximum atomic E-state index is 6.00. The van der Waals surface area contributed by atoms with E-state index in [9.17, 15) is 0 Å². The van der Waals surface area contributed by atoms with E-state index in [4.69, 9.17) is 11.6 Å². The number of aryl methyl sites for hydroxylation is 1. The lowest BCUT2D eigenvalue weighted by Crippen LogP contribution is -2.09. The van der Waals surface area contributed by atoms with E-state index >= 15 is 0 Å². The molecule has 2 atom stereocenters. The van der Waals surface area contributed by atoms with Gasteiger partial charge in [0.15, 0.2) is 0 Å². The van der Waals surface area contributed by atoms with Crippen molar-refractivity contribution in [3.63, 3.8) is 0 Å². The summed E-state index contributed by atoms with van der Waals surface area (Å²) in [6.45, 7) is 6.12. The summed E-state index contributed by atoms with van der Waals surface area (Å²) in [6, 6.07) is 0. The largest absolute Gasteiger partial charge is 0.335 e. The van der Waals surface area contributed by atoms with Crippen LogP contribution in [0.4, 0.5) is 0 Å².